The summed E-state index contributed by atoms with van der Waals surface area (Å²) in [6.07, 6.45) is 2.47. The number of fused-ring (bicyclic) bond motifs is 1. The lowest BCUT2D eigenvalue weighted by molar-refractivity contribution is -0.129. The summed E-state index contributed by atoms with van der Waals surface area (Å²) in [6.45, 7) is 5.28. The number of benzene rings is 2. The number of hydrogen-bond donors (Lipinski definition) is 4. The van der Waals surface area contributed by atoms with Crippen molar-refractivity contribution >= 4 is 22.6 Å². The van der Waals surface area contributed by atoms with Crippen molar-refractivity contribution in [1.82, 2.24) is 10.6 Å². The molecule has 6 nitrogen and oxygen atoms in total. The molecule has 2 aromatic carbocycles. The first-order valence-corrected chi connectivity index (χ1v) is 10.4. The normalized spacial score (nSPS) is 13.3. The van der Waals surface area contributed by atoms with Crippen molar-refractivity contribution in [3.8, 4) is 0 Å². The Balaban J connectivity index is 2.11. The SMILES string of the molecule is CC(C)CCNC(=O)[C@@H](Cc1ccc2ccccc2c1)NC(=O)[C@H](N)CCCN. The molecular formula is C23H34N4O2. The third-order valence-corrected chi connectivity index (χ3v) is 4.96. The van der Waals surface area contributed by atoms with Crippen molar-refractivity contribution in [3.05, 3.63) is 48.0 Å². The molecule has 29 heavy (non-hydrogen) atoms. The fourth-order valence-corrected chi connectivity index (χ4v) is 3.17. The predicted molar refractivity (Wildman–Crippen MR) is 118 cm³/mol. The summed E-state index contributed by atoms with van der Waals surface area (Å²) in [7, 11) is 0. The zero-order chi connectivity index (χ0) is 21.2. The van der Waals surface area contributed by atoms with Gasteiger partial charge in [0.15, 0.2) is 0 Å². The van der Waals surface area contributed by atoms with Crippen LogP contribution in [0.25, 0.3) is 10.8 Å². The molecule has 158 valence electrons. The molecule has 6 N–H and O–H groups in total. The van der Waals surface area contributed by atoms with Gasteiger partial charge in [-0.05, 0) is 48.1 Å². The van der Waals surface area contributed by atoms with Gasteiger partial charge in [0.25, 0.3) is 0 Å². The maximum Gasteiger partial charge on any atom is 0.242 e. The standard InChI is InChI=1S/C23H34N4O2/c1-16(2)11-13-26-23(29)21(27-22(28)20(25)8-5-12-24)15-17-9-10-18-6-3-4-7-19(18)14-17/h3-4,6-7,9-10,14,16,20-21H,5,8,11-13,15,24-25H2,1-2H3,(H,26,29)(H,27,28)/t20-,21-/m1/s1. The van der Waals surface area contributed by atoms with E-state index < -0.39 is 12.1 Å². The van der Waals surface area contributed by atoms with Crippen molar-refractivity contribution in [2.75, 3.05) is 13.1 Å². The Morgan fingerprint density at radius 2 is 1.72 bits per heavy atom. The molecule has 2 atom stereocenters. The second kappa shape index (κ2) is 11.5. The summed E-state index contributed by atoms with van der Waals surface area (Å²) in [5.41, 5.74) is 12.5. The van der Waals surface area contributed by atoms with Crippen LogP contribution in [0.15, 0.2) is 42.5 Å². The first kappa shape index (κ1) is 22.8. The van der Waals surface area contributed by atoms with E-state index in [2.05, 4.69) is 30.5 Å². The molecule has 2 amide bonds. The van der Waals surface area contributed by atoms with Crippen molar-refractivity contribution in [3.63, 3.8) is 0 Å². The molecule has 0 radical (unpaired) electrons. The smallest absolute Gasteiger partial charge is 0.242 e. The van der Waals surface area contributed by atoms with Gasteiger partial charge in [-0.1, -0.05) is 56.3 Å². The third kappa shape index (κ3) is 7.48. The lowest BCUT2D eigenvalue weighted by Crippen LogP contribution is -2.52. The highest BCUT2D eigenvalue weighted by molar-refractivity contribution is 5.90. The van der Waals surface area contributed by atoms with Gasteiger partial charge in [-0.25, -0.2) is 0 Å². The number of nitrogens with two attached hydrogens (primary N) is 2. The summed E-state index contributed by atoms with van der Waals surface area (Å²) in [5.74, 6) is -0.00468. The molecule has 2 aromatic rings. The summed E-state index contributed by atoms with van der Waals surface area (Å²) in [6, 6.07) is 12.8. The second-order valence-electron chi connectivity index (χ2n) is 7.96. The van der Waals surface area contributed by atoms with Crippen LogP contribution in [0.1, 0.15) is 38.7 Å². The highest BCUT2D eigenvalue weighted by Gasteiger charge is 2.24. The first-order valence-electron chi connectivity index (χ1n) is 10.4. The van der Waals surface area contributed by atoms with E-state index in [1.807, 2.05) is 36.4 Å². The van der Waals surface area contributed by atoms with Crippen molar-refractivity contribution in [2.24, 2.45) is 17.4 Å². The molecule has 0 aliphatic carbocycles. The average Bonchev–Trinajstić information content (AvgIpc) is 2.70. The van der Waals surface area contributed by atoms with E-state index in [9.17, 15) is 9.59 Å². The molecule has 0 saturated heterocycles. The molecule has 0 aliphatic rings. The van der Waals surface area contributed by atoms with Crippen LogP contribution in [-0.4, -0.2) is 37.0 Å². The summed E-state index contributed by atoms with van der Waals surface area (Å²) in [5, 5.41) is 8.04. The lowest BCUT2D eigenvalue weighted by atomic mass is 10.0. The van der Waals surface area contributed by atoms with E-state index in [0.29, 0.717) is 38.3 Å². The lowest BCUT2D eigenvalue weighted by Gasteiger charge is -2.21. The number of rotatable bonds is 11. The average molecular weight is 399 g/mol. The fraction of sp³-hybridized carbons (Fsp3) is 0.478. The van der Waals surface area contributed by atoms with Crippen molar-refractivity contribution < 1.29 is 9.59 Å². The van der Waals surface area contributed by atoms with Crippen LogP contribution in [0.4, 0.5) is 0 Å². The Morgan fingerprint density at radius 3 is 2.41 bits per heavy atom. The first-order chi connectivity index (χ1) is 13.9. The molecule has 0 aliphatic heterocycles. The number of hydrogen-bond acceptors (Lipinski definition) is 4. The van der Waals surface area contributed by atoms with E-state index in [0.717, 1.165) is 22.8 Å². The second-order valence-corrected chi connectivity index (χ2v) is 7.96. The quantitative estimate of drug-likeness (QED) is 0.464. The van der Waals surface area contributed by atoms with Crippen LogP contribution in [0.3, 0.4) is 0 Å². The van der Waals surface area contributed by atoms with E-state index in [1.54, 1.807) is 0 Å². The Morgan fingerprint density at radius 1 is 1.00 bits per heavy atom. The molecule has 0 aromatic heterocycles. The van der Waals surface area contributed by atoms with E-state index in [1.165, 1.54) is 0 Å². The van der Waals surface area contributed by atoms with Gasteiger partial charge < -0.3 is 22.1 Å². The molecular weight excluding hydrogens is 364 g/mol. The van der Waals surface area contributed by atoms with Crippen LogP contribution in [0, 0.1) is 5.92 Å². The Hall–Kier alpha value is -2.44. The van der Waals surface area contributed by atoms with Crippen LogP contribution in [-0.2, 0) is 16.0 Å². The molecule has 0 heterocycles. The van der Waals surface area contributed by atoms with Crippen LogP contribution < -0.4 is 22.1 Å². The highest BCUT2D eigenvalue weighted by atomic mass is 16.2. The number of carbonyl (C=O) groups is 2. The van der Waals surface area contributed by atoms with Gasteiger partial charge >= 0.3 is 0 Å². The highest BCUT2D eigenvalue weighted by Crippen LogP contribution is 2.17. The Labute approximate surface area is 173 Å². The van der Waals surface area contributed by atoms with Gasteiger partial charge in [0.1, 0.15) is 6.04 Å². The van der Waals surface area contributed by atoms with E-state index in [4.69, 9.17) is 11.5 Å². The van der Waals surface area contributed by atoms with Gasteiger partial charge in [0, 0.05) is 13.0 Å². The summed E-state index contributed by atoms with van der Waals surface area (Å²) in [4.78, 5) is 25.3. The minimum Gasteiger partial charge on any atom is -0.354 e. The van der Waals surface area contributed by atoms with Crippen LogP contribution in [0.5, 0.6) is 0 Å². The summed E-state index contributed by atoms with van der Waals surface area (Å²) < 4.78 is 0. The molecule has 2 rings (SSSR count). The van der Waals surface area contributed by atoms with E-state index >= 15 is 0 Å². The Bertz CT molecular complexity index is 806. The minimum atomic E-state index is -0.667. The number of nitrogens with one attached hydrogen (secondary N) is 2. The monoisotopic (exact) mass is 398 g/mol. The fourth-order valence-electron chi connectivity index (χ4n) is 3.17. The van der Waals surface area contributed by atoms with Crippen molar-refractivity contribution in [2.45, 2.75) is 51.6 Å². The zero-order valence-corrected chi connectivity index (χ0v) is 17.5. The van der Waals surface area contributed by atoms with Crippen molar-refractivity contribution in [1.29, 1.82) is 0 Å². The van der Waals surface area contributed by atoms with Gasteiger partial charge in [0.2, 0.25) is 11.8 Å². The predicted octanol–water partition coefficient (Wildman–Crippen LogP) is 2.10. The number of amides is 2. The maximum atomic E-state index is 12.8. The van der Waals surface area contributed by atoms with Gasteiger partial charge in [-0.2, -0.15) is 0 Å². The maximum absolute atomic E-state index is 12.8. The van der Waals surface area contributed by atoms with Gasteiger partial charge in [-0.15, -0.1) is 0 Å². The minimum absolute atomic E-state index is 0.182. The largest absolute Gasteiger partial charge is 0.354 e. The van der Waals surface area contributed by atoms with Crippen LogP contribution >= 0.6 is 0 Å². The van der Waals surface area contributed by atoms with Gasteiger partial charge in [-0.3, -0.25) is 9.59 Å². The van der Waals surface area contributed by atoms with E-state index in [-0.39, 0.29) is 11.8 Å². The number of carbonyl (C=O) groups excluding carboxylic acids is 2. The Kier molecular flexibility index (Phi) is 9.09. The molecule has 6 heteroatoms. The molecule has 0 bridgehead atoms. The molecule has 0 unspecified atom stereocenters. The molecule has 0 fully saturated rings. The third-order valence-electron chi connectivity index (χ3n) is 4.96. The zero-order valence-electron chi connectivity index (χ0n) is 17.5. The molecule has 0 spiro atoms. The van der Waals surface area contributed by atoms with Gasteiger partial charge in [0.05, 0.1) is 6.04 Å². The molecule has 0 saturated carbocycles. The summed E-state index contributed by atoms with van der Waals surface area (Å²) >= 11 is 0. The van der Waals surface area contributed by atoms with Crippen LogP contribution in [0.2, 0.25) is 0 Å². The topological polar surface area (TPSA) is 110 Å².